The number of ether oxygens (including phenoxy) is 4. The second-order valence-corrected chi connectivity index (χ2v) is 6.56. The summed E-state index contributed by atoms with van der Waals surface area (Å²) in [6.07, 6.45) is 2.79. The SMILES string of the molecule is COc1ccc(OC)c([C@H](C)NC(=O)/C=C/c2cc([N+](=O)[O-])cc3c2OCOC3)c1. The van der Waals surface area contributed by atoms with Crippen molar-refractivity contribution in [3.8, 4) is 17.2 Å². The molecule has 0 radical (unpaired) electrons. The molecule has 0 saturated heterocycles. The number of nitro benzene ring substituents is 1. The first kappa shape index (κ1) is 21.1. The van der Waals surface area contributed by atoms with Gasteiger partial charge in [0.1, 0.15) is 17.2 Å². The number of non-ortho nitro benzene ring substituents is 1. The number of hydrogen-bond acceptors (Lipinski definition) is 7. The molecule has 9 heteroatoms. The third-order valence-corrected chi connectivity index (χ3v) is 4.61. The lowest BCUT2D eigenvalue weighted by atomic mass is 10.1. The molecule has 0 aliphatic carbocycles. The molecule has 1 aliphatic rings. The average Bonchev–Trinajstić information content (AvgIpc) is 2.76. The number of carbonyl (C=O) groups is 1. The number of hydrogen-bond donors (Lipinski definition) is 1. The van der Waals surface area contributed by atoms with Gasteiger partial charge < -0.3 is 24.3 Å². The first-order valence-electron chi connectivity index (χ1n) is 9.15. The van der Waals surface area contributed by atoms with Crippen LogP contribution in [0.4, 0.5) is 5.69 Å². The summed E-state index contributed by atoms with van der Waals surface area (Å²) in [6, 6.07) is 7.73. The number of rotatable bonds is 7. The van der Waals surface area contributed by atoms with Crippen LogP contribution < -0.4 is 19.5 Å². The Bertz CT molecular complexity index is 988. The molecule has 1 heterocycles. The van der Waals surface area contributed by atoms with Crippen LogP contribution in [0.3, 0.4) is 0 Å². The molecule has 0 aromatic heterocycles. The van der Waals surface area contributed by atoms with E-state index in [1.54, 1.807) is 32.4 Å². The van der Waals surface area contributed by atoms with Crippen molar-refractivity contribution in [2.45, 2.75) is 19.6 Å². The van der Waals surface area contributed by atoms with Crippen LogP contribution in [0.1, 0.15) is 29.7 Å². The minimum Gasteiger partial charge on any atom is -0.497 e. The fourth-order valence-electron chi connectivity index (χ4n) is 3.14. The molecule has 0 saturated carbocycles. The van der Waals surface area contributed by atoms with Crippen molar-refractivity contribution < 1.29 is 28.7 Å². The highest BCUT2D eigenvalue weighted by molar-refractivity contribution is 5.92. The molecule has 3 rings (SSSR count). The molecule has 0 fully saturated rings. The van der Waals surface area contributed by atoms with Crippen molar-refractivity contribution in [1.29, 1.82) is 0 Å². The summed E-state index contributed by atoms with van der Waals surface area (Å²) in [5.74, 6) is 1.36. The van der Waals surface area contributed by atoms with Gasteiger partial charge in [0.05, 0.1) is 31.8 Å². The average molecular weight is 414 g/mol. The lowest BCUT2D eigenvalue weighted by Crippen LogP contribution is -2.25. The lowest BCUT2D eigenvalue weighted by molar-refractivity contribution is -0.385. The van der Waals surface area contributed by atoms with E-state index in [0.29, 0.717) is 28.4 Å². The summed E-state index contributed by atoms with van der Waals surface area (Å²) in [5, 5.41) is 14.0. The predicted octanol–water partition coefficient (Wildman–Crippen LogP) is 3.37. The lowest BCUT2D eigenvalue weighted by Gasteiger charge is -2.19. The Morgan fingerprint density at radius 1 is 1.27 bits per heavy atom. The van der Waals surface area contributed by atoms with E-state index in [1.807, 2.05) is 6.92 Å². The highest BCUT2D eigenvalue weighted by Gasteiger charge is 2.20. The normalized spacial score (nSPS) is 13.8. The molecule has 0 unspecified atom stereocenters. The van der Waals surface area contributed by atoms with Gasteiger partial charge >= 0.3 is 0 Å². The van der Waals surface area contributed by atoms with Gasteiger partial charge in [-0.05, 0) is 31.2 Å². The van der Waals surface area contributed by atoms with Crippen LogP contribution in [0.25, 0.3) is 6.08 Å². The Morgan fingerprint density at radius 3 is 2.77 bits per heavy atom. The number of nitrogens with one attached hydrogen (secondary N) is 1. The van der Waals surface area contributed by atoms with Crippen molar-refractivity contribution in [3.05, 3.63) is 63.2 Å². The van der Waals surface area contributed by atoms with Gasteiger partial charge in [-0.15, -0.1) is 0 Å². The van der Waals surface area contributed by atoms with Gasteiger partial charge in [-0.25, -0.2) is 0 Å². The first-order chi connectivity index (χ1) is 14.4. The number of benzene rings is 2. The van der Waals surface area contributed by atoms with E-state index in [4.69, 9.17) is 18.9 Å². The van der Waals surface area contributed by atoms with Crippen molar-refractivity contribution in [3.63, 3.8) is 0 Å². The monoisotopic (exact) mass is 414 g/mol. The Hall–Kier alpha value is -3.59. The molecule has 158 valence electrons. The molecule has 0 spiro atoms. The van der Waals surface area contributed by atoms with Gasteiger partial charge in [-0.1, -0.05) is 0 Å². The Kier molecular flexibility index (Phi) is 6.53. The maximum Gasteiger partial charge on any atom is 0.270 e. The van der Waals surface area contributed by atoms with Gasteiger partial charge in [0.25, 0.3) is 5.69 Å². The summed E-state index contributed by atoms with van der Waals surface area (Å²) in [5.41, 5.74) is 1.65. The van der Waals surface area contributed by atoms with E-state index in [1.165, 1.54) is 24.3 Å². The fraction of sp³-hybridized carbons (Fsp3) is 0.286. The minimum absolute atomic E-state index is 0.0461. The van der Waals surface area contributed by atoms with E-state index in [-0.39, 0.29) is 31.0 Å². The summed E-state index contributed by atoms with van der Waals surface area (Å²) in [6.45, 7) is 2.07. The molecule has 0 bridgehead atoms. The van der Waals surface area contributed by atoms with Crippen molar-refractivity contribution in [2.24, 2.45) is 0 Å². The topological polar surface area (TPSA) is 109 Å². The zero-order valence-electron chi connectivity index (χ0n) is 16.8. The molecule has 30 heavy (non-hydrogen) atoms. The number of nitrogens with zero attached hydrogens (tertiary/aromatic N) is 1. The van der Waals surface area contributed by atoms with Gasteiger partial charge in [-0.2, -0.15) is 0 Å². The van der Waals surface area contributed by atoms with Crippen LogP contribution >= 0.6 is 0 Å². The Balaban J connectivity index is 1.80. The van der Waals surface area contributed by atoms with Crippen molar-refractivity contribution >= 4 is 17.7 Å². The number of methoxy groups -OCH3 is 2. The number of amides is 1. The Labute approximate surface area is 173 Å². The van der Waals surface area contributed by atoms with E-state index in [9.17, 15) is 14.9 Å². The van der Waals surface area contributed by atoms with Crippen LogP contribution in [0.5, 0.6) is 17.2 Å². The third kappa shape index (κ3) is 4.69. The molecule has 1 amide bonds. The van der Waals surface area contributed by atoms with E-state index >= 15 is 0 Å². The van der Waals surface area contributed by atoms with Crippen LogP contribution in [0.2, 0.25) is 0 Å². The summed E-state index contributed by atoms with van der Waals surface area (Å²) < 4.78 is 21.2. The second-order valence-electron chi connectivity index (χ2n) is 6.56. The first-order valence-corrected chi connectivity index (χ1v) is 9.15. The summed E-state index contributed by atoms with van der Waals surface area (Å²) in [4.78, 5) is 23.2. The maximum atomic E-state index is 12.5. The molecular formula is C21H22N2O7. The fourth-order valence-corrected chi connectivity index (χ4v) is 3.14. The minimum atomic E-state index is -0.497. The number of carbonyl (C=O) groups excluding carboxylic acids is 1. The number of nitro groups is 1. The maximum absolute atomic E-state index is 12.5. The van der Waals surface area contributed by atoms with Crippen molar-refractivity contribution in [1.82, 2.24) is 5.32 Å². The quantitative estimate of drug-likeness (QED) is 0.420. The van der Waals surface area contributed by atoms with E-state index < -0.39 is 4.92 Å². The van der Waals surface area contributed by atoms with Crippen molar-refractivity contribution in [2.75, 3.05) is 21.0 Å². The van der Waals surface area contributed by atoms with Gasteiger partial charge in [0.15, 0.2) is 6.79 Å². The second kappa shape index (κ2) is 9.27. The number of fused-ring (bicyclic) bond motifs is 1. The highest BCUT2D eigenvalue weighted by Crippen LogP contribution is 2.33. The van der Waals surface area contributed by atoms with Gasteiger partial charge in [0.2, 0.25) is 5.91 Å². The van der Waals surface area contributed by atoms with E-state index in [2.05, 4.69) is 5.32 Å². The molecule has 2 aromatic rings. The zero-order valence-corrected chi connectivity index (χ0v) is 16.8. The predicted molar refractivity (Wildman–Crippen MR) is 109 cm³/mol. The molecule has 9 nitrogen and oxygen atoms in total. The van der Waals surface area contributed by atoms with Crippen LogP contribution in [0.15, 0.2) is 36.4 Å². The van der Waals surface area contributed by atoms with Crippen LogP contribution in [-0.4, -0.2) is 31.8 Å². The smallest absolute Gasteiger partial charge is 0.270 e. The summed E-state index contributed by atoms with van der Waals surface area (Å²) >= 11 is 0. The van der Waals surface area contributed by atoms with E-state index in [0.717, 1.165) is 5.56 Å². The molecule has 2 aromatic carbocycles. The largest absolute Gasteiger partial charge is 0.497 e. The molecule has 1 aliphatic heterocycles. The van der Waals surface area contributed by atoms with Crippen LogP contribution in [-0.2, 0) is 16.1 Å². The highest BCUT2D eigenvalue weighted by atomic mass is 16.7. The van der Waals surface area contributed by atoms with Crippen LogP contribution in [0, 0.1) is 10.1 Å². The van der Waals surface area contributed by atoms with Gasteiger partial charge in [-0.3, -0.25) is 14.9 Å². The standard InChI is InChI=1S/C21H22N2O7/c1-13(18-10-17(27-2)5-6-19(18)28-3)22-20(24)7-4-14-8-16(23(25)26)9-15-11-29-12-30-21(14)15/h4-10,13H,11-12H2,1-3H3,(H,22,24)/b7-4+/t13-/m0/s1. The molecule has 1 N–H and O–H groups in total. The van der Waals surface area contributed by atoms with Gasteiger partial charge in [0, 0.05) is 34.9 Å². The zero-order chi connectivity index (χ0) is 21.7. The molecule has 1 atom stereocenters. The summed E-state index contributed by atoms with van der Waals surface area (Å²) in [7, 11) is 3.11. The molecular weight excluding hydrogens is 392 g/mol. The Morgan fingerprint density at radius 2 is 2.07 bits per heavy atom. The third-order valence-electron chi connectivity index (χ3n) is 4.61.